The second kappa shape index (κ2) is 8.76. The molecule has 2 N–H and O–H groups in total. The van der Waals surface area contributed by atoms with Crippen molar-refractivity contribution in [3.05, 3.63) is 113 Å². The molecule has 2 aromatic carbocycles. The highest BCUT2D eigenvalue weighted by atomic mass is 32.1. The van der Waals surface area contributed by atoms with Crippen LogP contribution in [0.4, 0.5) is 5.69 Å². The topological polar surface area (TPSA) is 70.4 Å². The number of carboxylic acid groups (broad SMARTS) is 1. The van der Waals surface area contributed by atoms with E-state index in [9.17, 15) is 9.90 Å². The van der Waals surface area contributed by atoms with Gasteiger partial charge in [0.1, 0.15) is 0 Å². The highest BCUT2D eigenvalue weighted by molar-refractivity contribution is 7.80. The van der Waals surface area contributed by atoms with Crippen LogP contribution in [0.1, 0.15) is 45.1 Å². The molecule has 0 spiro atoms. The third kappa shape index (κ3) is 3.64. The summed E-state index contributed by atoms with van der Waals surface area (Å²) in [6.45, 7) is 4.03. The lowest BCUT2D eigenvalue weighted by Crippen LogP contribution is -2.29. The normalized spacial score (nSPS) is 17.6. The van der Waals surface area contributed by atoms with Crippen molar-refractivity contribution in [2.75, 3.05) is 4.90 Å². The van der Waals surface area contributed by atoms with Gasteiger partial charge in [-0.25, -0.2) is 4.79 Å². The van der Waals surface area contributed by atoms with E-state index in [1.54, 1.807) is 18.3 Å². The van der Waals surface area contributed by atoms with Crippen LogP contribution in [-0.2, 0) is 0 Å². The van der Waals surface area contributed by atoms with Crippen molar-refractivity contribution in [3.63, 3.8) is 0 Å². The first-order valence-corrected chi connectivity index (χ1v) is 11.5. The second-order valence-corrected chi connectivity index (χ2v) is 8.70. The Kier molecular flexibility index (Phi) is 5.63. The van der Waals surface area contributed by atoms with Gasteiger partial charge >= 0.3 is 5.97 Å². The van der Waals surface area contributed by atoms with Crippen molar-refractivity contribution in [3.8, 4) is 5.69 Å². The van der Waals surface area contributed by atoms with Crippen molar-refractivity contribution in [2.45, 2.75) is 25.9 Å². The highest BCUT2D eigenvalue weighted by Crippen LogP contribution is 2.43. The Morgan fingerprint density at radius 2 is 1.71 bits per heavy atom. The van der Waals surface area contributed by atoms with E-state index in [4.69, 9.17) is 12.2 Å². The summed E-state index contributed by atoms with van der Waals surface area (Å²) in [6, 6.07) is 24.8. The maximum Gasteiger partial charge on any atom is 0.337 e. The van der Waals surface area contributed by atoms with Gasteiger partial charge in [0, 0.05) is 23.3 Å². The van der Waals surface area contributed by atoms with Crippen LogP contribution in [0.15, 0.2) is 85.1 Å². The number of carbonyl (C=O) groups is 1. The number of nitrogens with zero attached hydrogens (tertiary/aromatic N) is 3. The zero-order valence-electron chi connectivity index (χ0n) is 18.8. The van der Waals surface area contributed by atoms with E-state index in [1.165, 1.54) is 0 Å². The molecule has 7 heteroatoms. The number of thiocarbonyl (C=S) groups is 1. The number of hydrogen-bond donors (Lipinski definition) is 2. The van der Waals surface area contributed by atoms with Crippen molar-refractivity contribution in [2.24, 2.45) is 0 Å². The van der Waals surface area contributed by atoms with E-state index >= 15 is 0 Å². The summed E-state index contributed by atoms with van der Waals surface area (Å²) in [4.78, 5) is 18.7. The molecule has 2 atom stereocenters. The lowest BCUT2D eigenvalue weighted by Gasteiger charge is -2.28. The Balaban J connectivity index is 1.70. The standard InChI is InChI=1S/C27H24N4O2S/c1-17-16-21(18(2)30(17)23-14-7-6-12-20(23)26(32)33)25-24(22-13-8-9-15-28-22)29-27(34)31(25)19-10-4-3-5-11-19/h3-16,24-25H,1-2H3,(H,29,34)(H,32,33)/t24-,25-/m0/s1. The molecule has 1 saturated heterocycles. The predicted molar refractivity (Wildman–Crippen MR) is 137 cm³/mol. The molecule has 34 heavy (non-hydrogen) atoms. The van der Waals surface area contributed by atoms with Gasteiger partial charge in [-0.3, -0.25) is 4.98 Å². The zero-order valence-corrected chi connectivity index (χ0v) is 19.7. The Morgan fingerprint density at radius 1 is 1.00 bits per heavy atom. The van der Waals surface area contributed by atoms with Crippen molar-refractivity contribution in [1.29, 1.82) is 0 Å². The fourth-order valence-corrected chi connectivity index (χ4v) is 5.19. The molecule has 0 amide bonds. The lowest BCUT2D eigenvalue weighted by atomic mass is 9.96. The van der Waals surface area contributed by atoms with Crippen LogP contribution in [0, 0.1) is 13.8 Å². The predicted octanol–water partition coefficient (Wildman–Crippen LogP) is 5.36. The molecule has 0 unspecified atom stereocenters. The molecular weight excluding hydrogens is 444 g/mol. The number of hydrogen-bond acceptors (Lipinski definition) is 3. The van der Waals surface area contributed by atoms with Crippen LogP contribution in [-0.4, -0.2) is 25.7 Å². The molecule has 170 valence electrons. The molecule has 3 heterocycles. The third-order valence-corrected chi connectivity index (χ3v) is 6.61. The summed E-state index contributed by atoms with van der Waals surface area (Å²) in [6.07, 6.45) is 1.79. The molecule has 0 radical (unpaired) electrons. The highest BCUT2D eigenvalue weighted by Gasteiger charge is 2.42. The number of carboxylic acids is 1. The molecular formula is C27H24N4O2S. The first kappa shape index (κ1) is 21.9. The molecule has 1 aliphatic heterocycles. The molecule has 5 rings (SSSR count). The fourth-order valence-electron chi connectivity index (χ4n) is 4.84. The number of aromatic carboxylic acids is 1. The summed E-state index contributed by atoms with van der Waals surface area (Å²) < 4.78 is 2.01. The molecule has 4 aromatic rings. The van der Waals surface area contributed by atoms with Crippen molar-refractivity contribution in [1.82, 2.24) is 14.9 Å². The largest absolute Gasteiger partial charge is 0.478 e. The minimum Gasteiger partial charge on any atom is -0.478 e. The van der Waals surface area contributed by atoms with Gasteiger partial charge in [0.15, 0.2) is 5.11 Å². The average molecular weight is 469 g/mol. The minimum atomic E-state index is -0.953. The maximum atomic E-state index is 11.9. The number of para-hydroxylation sites is 2. The van der Waals surface area contributed by atoms with Crippen LogP contribution in [0.5, 0.6) is 0 Å². The smallest absolute Gasteiger partial charge is 0.337 e. The molecule has 2 aromatic heterocycles. The zero-order chi connectivity index (χ0) is 23.8. The van der Waals surface area contributed by atoms with E-state index in [0.717, 1.165) is 28.3 Å². The van der Waals surface area contributed by atoms with Crippen LogP contribution in [0.25, 0.3) is 5.69 Å². The van der Waals surface area contributed by atoms with Crippen LogP contribution < -0.4 is 10.2 Å². The van der Waals surface area contributed by atoms with Crippen LogP contribution >= 0.6 is 12.2 Å². The van der Waals surface area contributed by atoms with Gasteiger partial charge in [-0.05, 0) is 74.1 Å². The van der Waals surface area contributed by atoms with Gasteiger partial charge in [-0.2, -0.15) is 0 Å². The Morgan fingerprint density at radius 3 is 2.41 bits per heavy atom. The van der Waals surface area contributed by atoms with E-state index in [-0.39, 0.29) is 17.6 Å². The Bertz CT molecular complexity index is 1370. The molecule has 1 fully saturated rings. The van der Waals surface area contributed by atoms with E-state index < -0.39 is 5.97 Å². The van der Waals surface area contributed by atoms with Crippen molar-refractivity contribution >= 4 is 29.0 Å². The van der Waals surface area contributed by atoms with Gasteiger partial charge < -0.3 is 19.9 Å². The molecule has 1 aliphatic rings. The van der Waals surface area contributed by atoms with Gasteiger partial charge in [-0.1, -0.05) is 36.4 Å². The number of rotatable bonds is 5. The van der Waals surface area contributed by atoms with E-state index in [2.05, 4.69) is 21.3 Å². The number of aromatic nitrogens is 2. The summed E-state index contributed by atoms with van der Waals surface area (Å²) in [5.74, 6) is -0.953. The van der Waals surface area contributed by atoms with Gasteiger partial charge in [0.05, 0.1) is 29.0 Å². The summed E-state index contributed by atoms with van der Waals surface area (Å²) in [5.41, 5.74) is 5.76. The van der Waals surface area contributed by atoms with Crippen LogP contribution in [0.3, 0.4) is 0 Å². The maximum absolute atomic E-state index is 11.9. The van der Waals surface area contributed by atoms with Gasteiger partial charge in [-0.15, -0.1) is 0 Å². The Hall–Kier alpha value is -3.97. The number of nitrogens with one attached hydrogen (secondary N) is 1. The van der Waals surface area contributed by atoms with Gasteiger partial charge in [0.2, 0.25) is 0 Å². The molecule has 0 saturated carbocycles. The average Bonchev–Trinajstić information content (AvgIpc) is 3.35. The Labute approximate surface area is 203 Å². The van der Waals surface area contributed by atoms with Crippen LogP contribution in [0.2, 0.25) is 0 Å². The first-order valence-electron chi connectivity index (χ1n) is 11.0. The minimum absolute atomic E-state index is 0.165. The first-order chi connectivity index (χ1) is 16.5. The molecule has 6 nitrogen and oxygen atoms in total. The van der Waals surface area contributed by atoms with Crippen molar-refractivity contribution < 1.29 is 9.90 Å². The molecule has 0 bridgehead atoms. The number of anilines is 1. The number of benzene rings is 2. The number of aryl methyl sites for hydroxylation is 1. The summed E-state index contributed by atoms with van der Waals surface area (Å²) in [5, 5.41) is 13.9. The summed E-state index contributed by atoms with van der Waals surface area (Å²) in [7, 11) is 0. The van der Waals surface area contributed by atoms with E-state index in [1.807, 2.05) is 79.1 Å². The monoisotopic (exact) mass is 468 g/mol. The van der Waals surface area contributed by atoms with Gasteiger partial charge in [0.25, 0.3) is 0 Å². The second-order valence-electron chi connectivity index (χ2n) is 8.32. The quantitative estimate of drug-likeness (QED) is 0.384. The van der Waals surface area contributed by atoms with E-state index in [0.29, 0.717) is 10.8 Å². The summed E-state index contributed by atoms with van der Waals surface area (Å²) >= 11 is 5.81. The number of pyridine rings is 1. The SMILES string of the molecule is Cc1cc([C@H]2[C@H](c3ccccn3)NC(=S)N2c2ccccc2)c(C)n1-c1ccccc1C(=O)O. The molecule has 0 aliphatic carbocycles. The fraction of sp³-hybridized carbons (Fsp3) is 0.148. The third-order valence-electron chi connectivity index (χ3n) is 6.30. The lowest BCUT2D eigenvalue weighted by molar-refractivity contribution is 0.0697.